The summed E-state index contributed by atoms with van der Waals surface area (Å²) < 4.78 is 7.87. The number of benzene rings is 2. The summed E-state index contributed by atoms with van der Waals surface area (Å²) in [5.41, 5.74) is 3.31. The van der Waals surface area contributed by atoms with Crippen molar-refractivity contribution in [1.29, 1.82) is 0 Å². The highest BCUT2D eigenvalue weighted by Crippen LogP contribution is 2.24. The average molecular weight is 376 g/mol. The molecule has 28 heavy (non-hydrogen) atoms. The van der Waals surface area contributed by atoms with Crippen molar-refractivity contribution in [2.45, 2.75) is 26.1 Å². The smallest absolute Gasteiger partial charge is 0.318 e. The molecule has 2 amide bonds. The van der Waals surface area contributed by atoms with E-state index in [2.05, 4.69) is 28.5 Å². The summed E-state index contributed by atoms with van der Waals surface area (Å²) in [5, 5.41) is 3.06. The molecular formula is C22H24N4O2. The second kappa shape index (κ2) is 8.17. The van der Waals surface area contributed by atoms with Crippen LogP contribution >= 0.6 is 0 Å². The first-order chi connectivity index (χ1) is 13.7. The highest BCUT2D eigenvalue weighted by Gasteiger charge is 2.29. The van der Waals surface area contributed by atoms with Gasteiger partial charge >= 0.3 is 6.03 Å². The van der Waals surface area contributed by atoms with Crippen molar-refractivity contribution >= 4 is 6.03 Å². The van der Waals surface area contributed by atoms with E-state index in [9.17, 15) is 4.79 Å². The van der Waals surface area contributed by atoms with E-state index in [4.69, 9.17) is 4.74 Å². The fraction of sp³-hybridized carbons (Fsp3) is 0.273. The van der Waals surface area contributed by atoms with Gasteiger partial charge in [0.1, 0.15) is 12.4 Å². The van der Waals surface area contributed by atoms with Gasteiger partial charge in [0.2, 0.25) is 0 Å². The fourth-order valence-corrected chi connectivity index (χ4v) is 3.47. The molecule has 144 valence electrons. The van der Waals surface area contributed by atoms with Gasteiger partial charge < -0.3 is 19.5 Å². The third-order valence-electron chi connectivity index (χ3n) is 4.97. The molecule has 0 bridgehead atoms. The number of aryl methyl sites for hydroxylation is 1. The summed E-state index contributed by atoms with van der Waals surface area (Å²) in [6.45, 7) is 4.64. The number of nitrogens with zero attached hydrogens (tertiary/aromatic N) is 3. The van der Waals surface area contributed by atoms with Gasteiger partial charge in [0.05, 0.1) is 18.9 Å². The molecule has 1 atom stereocenters. The molecule has 2 aromatic carbocycles. The standard InChI is InChI=1S/C22H24N4O2/c1-17-13-18(7-8-21(17)28-12-11-25-10-9-23-16-25)14-26-15-20(24-22(26)27)19-5-3-2-4-6-19/h2-10,13,16,20H,11-12,14-15H2,1H3,(H,24,27)/t20-/m1/s1. The topological polar surface area (TPSA) is 59.4 Å². The van der Waals surface area contributed by atoms with Crippen LogP contribution in [0.5, 0.6) is 5.75 Å². The maximum Gasteiger partial charge on any atom is 0.318 e. The van der Waals surface area contributed by atoms with Gasteiger partial charge in [-0.05, 0) is 29.7 Å². The van der Waals surface area contributed by atoms with Crippen LogP contribution in [0.15, 0.2) is 67.3 Å². The molecule has 1 aliphatic rings. The van der Waals surface area contributed by atoms with Crippen LogP contribution in [-0.2, 0) is 13.1 Å². The number of hydrogen-bond acceptors (Lipinski definition) is 3. The largest absolute Gasteiger partial charge is 0.491 e. The number of ether oxygens (including phenoxy) is 1. The number of hydrogen-bond donors (Lipinski definition) is 1. The van der Waals surface area contributed by atoms with E-state index in [-0.39, 0.29) is 12.1 Å². The minimum Gasteiger partial charge on any atom is -0.491 e. The highest BCUT2D eigenvalue weighted by atomic mass is 16.5. The quantitative estimate of drug-likeness (QED) is 0.686. The Balaban J connectivity index is 1.34. The van der Waals surface area contributed by atoms with E-state index in [0.29, 0.717) is 19.7 Å². The summed E-state index contributed by atoms with van der Waals surface area (Å²) in [5.74, 6) is 0.872. The van der Waals surface area contributed by atoms with Gasteiger partial charge in [0.15, 0.2) is 0 Å². The third kappa shape index (κ3) is 4.17. The van der Waals surface area contributed by atoms with E-state index in [1.165, 1.54) is 0 Å². The van der Waals surface area contributed by atoms with Gasteiger partial charge in [-0.1, -0.05) is 42.5 Å². The molecule has 1 N–H and O–H groups in total. The Morgan fingerprint density at radius 3 is 2.82 bits per heavy atom. The molecule has 4 rings (SSSR count). The van der Waals surface area contributed by atoms with Gasteiger partial charge in [-0.3, -0.25) is 0 Å². The second-order valence-corrected chi connectivity index (χ2v) is 7.04. The van der Waals surface area contributed by atoms with Crippen molar-refractivity contribution < 1.29 is 9.53 Å². The Morgan fingerprint density at radius 2 is 2.07 bits per heavy atom. The summed E-state index contributed by atoms with van der Waals surface area (Å²) in [6, 6.07) is 16.2. The molecule has 0 unspecified atom stereocenters. The van der Waals surface area contributed by atoms with Crippen molar-refractivity contribution in [2.24, 2.45) is 0 Å². The van der Waals surface area contributed by atoms with Crippen LogP contribution in [0.1, 0.15) is 22.7 Å². The number of aromatic nitrogens is 2. The normalized spacial score (nSPS) is 16.2. The first-order valence-electron chi connectivity index (χ1n) is 9.47. The maximum atomic E-state index is 12.4. The second-order valence-electron chi connectivity index (χ2n) is 7.04. The molecular weight excluding hydrogens is 352 g/mol. The number of urea groups is 1. The number of amides is 2. The molecule has 2 heterocycles. The molecule has 0 radical (unpaired) electrons. The fourth-order valence-electron chi connectivity index (χ4n) is 3.47. The number of carbonyl (C=O) groups excluding carboxylic acids is 1. The van der Waals surface area contributed by atoms with Crippen LogP contribution in [0, 0.1) is 6.92 Å². The lowest BCUT2D eigenvalue weighted by atomic mass is 10.1. The molecule has 0 saturated carbocycles. The van der Waals surface area contributed by atoms with Gasteiger partial charge in [-0.15, -0.1) is 0 Å². The molecule has 3 aromatic rings. The van der Waals surface area contributed by atoms with Gasteiger partial charge in [0.25, 0.3) is 0 Å². The summed E-state index contributed by atoms with van der Waals surface area (Å²) in [4.78, 5) is 18.2. The van der Waals surface area contributed by atoms with Crippen molar-refractivity contribution in [1.82, 2.24) is 19.8 Å². The zero-order valence-corrected chi connectivity index (χ0v) is 15.9. The predicted molar refractivity (Wildman–Crippen MR) is 107 cm³/mol. The van der Waals surface area contributed by atoms with Crippen molar-refractivity contribution in [3.63, 3.8) is 0 Å². The van der Waals surface area contributed by atoms with Crippen LogP contribution in [0.2, 0.25) is 0 Å². The Morgan fingerprint density at radius 1 is 1.21 bits per heavy atom. The van der Waals surface area contributed by atoms with E-state index in [0.717, 1.165) is 29.0 Å². The first-order valence-corrected chi connectivity index (χ1v) is 9.47. The van der Waals surface area contributed by atoms with Crippen LogP contribution in [-0.4, -0.2) is 33.6 Å². The van der Waals surface area contributed by atoms with Crippen LogP contribution in [0.4, 0.5) is 4.79 Å². The first kappa shape index (κ1) is 18.1. The monoisotopic (exact) mass is 376 g/mol. The molecule has 1 fully saturated rings. The zero-order chi connectivity index (χ0) is 19.3. The van der Waals surface area contributed by atoms with E-state index >= 15 is 0 Å². The van der Waals surface area contributed by atoms with Crippen LogP contribution in [0.3, 0.4) is 0 Å². The molecule has 6 nitrogen and oxygen atoms in total. The van der Waals surface area contributed by atoms with E-state index in [1.807, 2.05) is 52.9 Å². The van der Waals surface area contributed by atoms with Crippen molar-refractivity contribution in [2.75, 3.05) is 13.2 Å². The van der Waals surface area contributed by atoms with Gasteiger partial charge in [-0.2, -0.15) is 0 Å². The number of imidazole rings is 1. The minimum absolute atomic E-state index is 0.0211. The Labute approximate surface area is 164 Å². The van der Waals surface area contributed by atoms with Gasteiger partial charge in [0, 0.05) is 25.5 Å². The zero-order valence-electron chi connectivity index (χ0n) is 15.9. The number of nitrogens with one attached hydrogen (secondary N) is 1. The molecule has 1 aromatic heterocycles. The molecule has 1 aliphatic heterocycles. The van der Waals surface area contributed by atoms with E-state index < -0.39 is 0 Å². The highest BCUT2D eigenvalue weighted by molar-refractivity contribution is 5.77. The van der Waals surface area contributed by atoms with Crippen LogP contribution < -0.4 is 10.1 Å². The molecule has 1 saturated heterocycles. The Bertz CT molecular complexity index is 925. The summed E-state index contributed by atoms with van der Waals surface area (Å²) in [7, 11) is 0. The van der Waals surface area contributed by atoms with Gasteiger partial charge in [-0.25, -0.2) is 9.78 Å². The number of rotatable bonds is 7. The minimum atomic E-state index is -0.0211. The maximum absolute atomic E-state index is 12.4. The van der Waals surface area contributed by atoms with Crippen LogP contribution in [0.25, 0.3) is 0 Å². The lowest BCUT2D eigenvalue weighted by Crippen LogP contribution is -2.27. The van der Waals surface area contributed by atoms with Crippen molar-refractivity contribution in [3.05, 3.63) is 83.9 Å². The lowest BCUT2D eigenvalue weighted by Gasteiger charge is -2.16. The molecule has 0 spiro atoms. The average Bonchev–Trinajstić information content (AvgIpc) is 3.34. The Kier molecular flexibility index (Phi) is 5.28. The molecule has 6 heteroatoms. The SMILES string of the molecule is Cc1cc(CN2C[C@H](c3ccccc3)NC2=O)ccc1OCCn1ccnc1. The molecule has 0 aliphatic carbocycles. The Hall–Kier alpha value is -3.28. The predicted octanol–water partition coefficient (Wildman–Crippen LogP) is 3.54. The van der Waals surface area contributed by atoms with Crippen molar-refractivity contribution in [3.8, 4) is 5.75 Å². The van der Waals surface area contributed by atoms with E-state index in [1.54, 1.807) is 12.5 Å². The summed E-state index contributed by atoms with van der Waals surface area (Å²) >= 11 is 0. The summed E-state index contributed by atoms with van der Waals surface area (Å²) in [6.07, 6.45) is 5.46. The lowest BCUT2D eigenvalue weighted by molar-refractivity contribution is 0.215. The number of carbonyl (C=O) groups is 1. The third-order valence-corrected chi connectivity index (χ3v) is 4.97.